The maximum absolute atomic E-state index is 11.1. The van der Waals surface area contributed by atoms with E-state index in [1.54, 1.807) is 0 Å². The van der Waals surface area contributed by atoms with Crippen LogP contribution in [0.5, 0.6) is 0 Å². The standard InChI is InChI=1S/C17H27BrN2O/c1-3-14-16(18)15(20(4-2)19-14)11-17(21)9-5-6-13(10-17)12-7-8-12/h12-13,21H,3-11H2,1-2H3. The molecule has 4 heteroatoms. The molecule has 2 saturated carbocycles. The Morgan fingerprint density at radius 2 is 2.05 bits per heavy atom. The summed E-state index contributed by atoms with van der Waals surface area (Å²) in [5.41, 5.74) is 1.78. The van der Waals surface area contributed by atoms with Crippen LogP contribution in [0, 0.1) is 11.8 Å². The normalized spacial score (nSPS) is 29.8. The van der Waals surface area contributed by atoms with Crippen molar-refractivity contribution in [3.63, 3.8) is 0 Å². The number of aromatic nitrogens is 2. The van der Waals surface area contributed by atoms with Crippen LogP contribution in [0.25, 0.3) is 0 Å². The molecule has 0 aromatic carbocycles. The molecule has 2 aliphatic carbocycles. The first kappa shape index (κ1) is 15.5. The highest BCUT2D eigenvalue weighted by Gasteiger charge is 2.41. The summed E-state index contributed by atoms with van der Waals surface area (Å²) in [4.78, 5) is 0. The van der Waals surface area contributed by atoms with Gasteiger partial charge >= 0.3 is 0 Å². The van der Waals surface area contributed by atoms with Crippen LogP contribution in [0.2, 0.25) is 0 Å². The fourth-order valence-electron chi connectivity index (χ4n) is 4.01. The molecule has 0 aliphatic heterocycles. The monoisotopic (exact) mass is 354 g/mol. The van der Waals surface area contributed by atoms with Crippen LogP contribution in [-0.2, 0) is 19.4 Å². The Hall–Kier alpha value is -0.350. The zero-order valence-corrected chi connectivity index (χ0v) is 14.8. The lowest BCUT2D eigenvalue weighted by Gasteiger charge is -2.37. The molecule has 3 rings (SSSR count). The Morgan fingerprint density at radius 1 is 1.29 bits per heavy atom. The summed E-state index contributed by atoms with van der Waals surface area (Å²) in [6.45, 7) is 5.13. The fourth-order valence-corrected chi connectivity index (χ4v) is 4.72. The van der Waals surface area contributed by atoms with Gasteiger partial charge in [0.25, 0.3) is 0 Å². The lowest BCUT2D eigenvalue weighted by Crippen LogP contribution is -2.38. The highest BCUT2D eigenvalue weighted by molar-refractivity contribution is 9.10. The molecule has 2 fully saturated rings. The minimum Gasteiger partial charge on any atom is -0.389 e. The second-order valence-electron chi connectivity index (χ2n) is 6.97. The number of rotatable bonds is 5. The molecule has 3 nitrogen and oxygen atoms in total. The van der Waals surface area contributed by atoms with Crippen molar-refractivity contribution in [2.24, 2.45) is 11.8 Å². The van der Waals surface area contributed by atoms with Gasteiger partial charge in [-0.05, 0) is 73.2 Å². The molecule has 21 heavy (non-hydrogen) atoms. The summed E-state index contributed by atoms with van der Waals surface area (Å²) >= 11 is 3.72. The van der Waals surface area contributed by atoms with E-state index in [4.69, 9.17) is 0 Å². The van der Waals surface area contributed by atoms with Gasteiger partial charge in [-0.15, -0.1) is 0 Å². The van der Waals surface area contributed by atoms with Crippen molar-refractivity contribution in [2.45, 2.75) is 77.4 Å². The number of hydrogen-bond acceptors (Lipinski definition) is 2. The highest BCUT2D eigenvalue weighted by Crippen LogP contribution is 2.47. The Bertz CT molecular complexity index is 509. The molecule has 1 aromatic rings. The van der Waals surface area contributed by atoms with Gasteiger partial charge in [-0.1, -0.05) is 13.3 Å². The first-order valence-corrected chi connectivity index (χ1v) is 9.32. The maximum Gasteiger partial charge on any atom is 0.0766 e. The molecule has 2 unspecified atom stereocenters. The molecule has 0 saturated heterocycles. The lowest BCUT2D eigenvalue weighted by atomic mass is 9.74. The van der Waals surface area contributed by atoms with Crippen LogP contribution in [-0.4, -0.2) is 20.5 Å². The number of hydrogen-bond donors (Lipinski definition) is 1. The van der Waals surface area contributed by atoms with E-state index < -0.39 is 5.60 Å². The van der Waals surface area contributed by atoms with Crippen molar-refractivity contribution in [1.29, 1.82) is 0 Å². The van der Waals surface area contributed by atoms with Gasteiger partial charge in [-0.25, -0.2) is 0 Å². The lowest BCUT2D eigenvalue weighted by molar-refractivity contribution is -0.0211. The van der Waals surface area contributed by atoms with Crippen molar-refractivity contribution in [1.82, 2.24) is 9.78 Å². The maximum atomic E-state index is 11.1. The van der Waals surface area contributed by atoms with E-state index in [2.05, 4.69) is 39.6 Å². The largest absolute Gasteiger partial charge is 0.389 e. The van der Waals surface area contributed by atoms with Crippen LogP contribution in [0.3, 0.4) is 0 Å². The van der Waals surface area contributed by atoms with Crippen LogP contribution in [0.1, 0.15) is 63.8 Å². The number of aliphatic hydroxyl groups is 1. The molecule has 0 spiro atoms. The fraction of sp³-hybridized carbons (Fsp3) is 0.824. The Balaban J connectivity index is 1.79. The van der Waals surface area contributed by atoms with Crippen LogP contribution in [0.15, 0.2) is 4.47 Å². The molecular formula is C17H27BrN2O. The van der Waals surface area contributed by atoms with E-state index in [0.29, 0.717) is 0 Å². The van der Waals surface area contributed by atoms with Crippen LogP contribution in [0.4, 0.5) is 0 Å². The van der Waals surface area contributed by atoms with Gasteiger partial charge < -0.3 is 5.11 Å². The van der Waals surface area contributed by atoms with Gasteiger partial charge in [0.15, 0.2) is 0 Å². The molecule has 0 amide bonds. The molecular weight excluding hydrogens is 328 g/mol. The van der Waals surface area contributed by atoms with Gasteiger partial charge in [-0.3, -0.25) is 4.68 Å². The van der Waals surface area contributed by atoms with Crippen molar-refractivity contribution in [2.75, 3.05) is 0 Å². The SMILES string of the molecule is CCc1nn(CC)c(CC2(O)CCCC(C3CC3)C2)c1Br. The first-order chi connectivity index (χ1) is 10.1. The van der Waals surface area contributed by atoms with Crippen molar-refractivity contribution in [3.8, 4) is 0 Å². The summed E-state index contributed by atoms with van der Waals surface area (Å²) in [7, 11) is 0. The number of aryl methyl sites for hydroxylation is 2. The Labute approximate surface area is 136 Å². The van der Waals surface area contributed by atoms with Crippen molar-refractivity contribution < 1.29 is 5.11 Å². The van der Waals surface area contributed by atoms with E-state index in [-0.39, 0.29) is 0 Å². The third-order valence-electron chi connectivity index (χ3n) is 5.34. The quantitative estimate of drug-likeness (QED) is 0.864. The molecule has 118 valence electrons. The third kappa shape index (κ3) is 3.21. The second kappa shape index (κ2) is 6.04. The van der Waals surface area contributed by atoms with E-state index in [9.17, 15) is 5.11 Å². The average Bonchev–Trinajstić information content (AvgIpc) is 3.27. The predicted octanol–water partition coefficient (Wildman–Crippen LogP) is 4.10. The zero-order chi connectivity index (χ0) is 15.0. The van der Waals surface area contributed by atoms with Gasteiger partial charge in [0.05, 0.1) is 21.5 Å². The van der Waals surface area contributed by atoms with E-state index >= 15 is 0 Å². The highest BCUT2D eigenvalue weighted by atomic mass is 79.9. The summed E-state index contributed by atoms with van der Waals surface area (Å²) in [5, 5.41) is 15.8. The number of nitrogens with zero attached hydrogens (tertiary/aromatic N) is 2. The minimum absolute atomic E-state index is 0.522. The third-order valence-corrected chi connectivity index (χ3v) is 6.25. The molecule has 0 bridgehead atoms. The average molecular weight is 355 g/mol. The number of halogens is 1. The zero-order valence-electron chi connectivity index (χ0n) is 13.2. The van der Waals surface area contributed by atoms with E-state index in [1.165, 1.54) is 31.4 Å². The van der Waals surface area contributed by atoms with Gasteiger partial charge in [0, 0.05) is 13.0 Å². The smallest absolute Gasteiger partial charge is 0.0766 e. The van der Waals surface area contributed by atoms with Crippen LogP contribution < -0.4 is 0 Å². The first-order valence-electron chi connectivity index (χ1n) is 8.52. The van der Waals surface area contributed by atoms with Gasteiger partial charge in [0.2, 0.25) is 0 Å². The van der Waals surface area contributed by atoms with Gasteiger partial charge in [0.1, 0.15) is 0 Å². The Morgan fingerprint density at radius 3 is 2.67 bits per heavy atom. The topological polar surface area (TPSA) is 38.0 Å². The van der Waals surface area contributed by atoms with Crippen molar-refractivity contribution >= 4 is 15.9 Å². The summed E-state index contributed by atoms with van der Waals surface area (Å²) in [6.07, 6.45) is 8.88. The molecule has 2 aliphatic rings. The summed E-state index contributed by atoms with van der Waals surface area (Å²) < 4.78 is 3.19. The molecule has 1 N–H and O–H groups in total. The predicted molar refractivity (Wildman–Crippen MR) is 88.3 cm³/mol. The van der Waals surface area contributed by atoms with Gasteiger partial charge in [-0.2, -0.15) is 5.10 Å². The molecule has 2 atom stereocenters. The summed E-state index contributed by atoms with van der Waals surface area (Å²) in [5.74, 6) is 1.66. The van der Waals surface area contributed by atoms with E-state index in [0.717, 1.165) is 54.2 Å². The molecule has 1 aromatic heterocycles. The van der Waals surface area contributed by atoms with Crippen molar-refractivity contribution in [3.05, 3.63) is 15.9 Å². The Kier molecular flexibility index (Phi) is 4.47. The second-order valence-corrected chi connectivity index (χ2v) is 7.76. The van der Waals surface area contributed by atoms with Crippen LogP contribution >= 0.6 is 15.9 Å². The molecule has 1 heterocycles. The van der Waals surface area contributed by atoms with E-state index in [1.807, 2.05) is 0 Å². The molecule has 0 radical (unpaired) electrons. The summed E-state index contributed by atoms with van der Waals surface area (Å²) in [6, 6.07) is 0. The minimum atomic E-state index is -0.522.